The molecule has 0 spiro atoms. The van der Waals surface area contributed by atoms with E-state index in [1.165, 1.54) is 10.4 Å². The Bertz CT molecular complexity index is 1570. The molecule has 1 amide bonds. The highest BCUT2D eigenvalue weighted by atomic mass is 32.2. The van der Waals surface area contributed by atoms with E-state index in [-0.39, 0.29) is 16.8 Å². The Hall–Kier alpha value is -2.59. The monoisotopic (exact) mass is 565 g/mol. The Balaban J connectivity index is 1.30. The number of carbonyl (C=O) groups is 1. The molecule has 3 heterocycles. The minimum Gasteiger partial charge on any atom is -0.313 e. The number of carbonyl (C=O) groups excluding carboxylic acids is 1. The minimum atomic E-state index is -3.58. The highest BCUT2D eigenvalue weighted by molar-refractivity contribution is 7.89. The number of thiazole rings is 1. The van der Waals surface area contributed by atoms with Crippen LogP contribution < -0.4 is 5.32 Å². The third kappa shape index (κ3) is 4.70. The molecule has 198 valence electrons. The third-order valence-electron chi connectivity index (χ3n) is 7.71. The maximum absolute atomic E-state index is 13.4. The predicted molar refractivity (Wildman–Crippen MR) is 156 cm³/mol. The molecule has 2 aliphatic rings. The van der Waals surface area contributed by atoms with Crippen molar-refractivity contribution in [1.29, 1.82) is 0 Å². The first-order valence-corrected chi connectivity index (χ1v) is 16.3. The molecule has 2 aromatic heterocycles. The number of nitrogens with zero attached hydrogens (tertiary/aromatic N) is 2. The number of hydrogen-bond donors (Lipinski definition) is 1. The van der Waals surface area contributed by atoms with E-state index < -0.39 is 10.0 Å². The normalized spacial score (nSPS) is 20.4. The van der Waals surface area contributed by atoms with Gasteiger partial charge in [0.05, 0.1) is 15.1 Å². The van der Waals surface area contributed by atoms with Crippen molar-refractivity contribution < 1.29 is 13.2 Å². The number of fused-ring (bicyclic) bond motifs is 2. The second-order valence-corrected chi connectivity index (χ2v) is 14.5. The molecule has 1 fully saturated rings. The lowest BCUT2D eigenvalue weighted by Gasteiger charge is -2.32. The fraction of sp³-hybridized carbons (Fsp3) is 0.379. The second kappa shape index (κ2) is 10.2. The molecule has 2 unspecified atom stereocenters. The van der Waals surface area contributed by atoms with E-state index in [9.17, 15) is 13.2 Å². The molecule has 1 aliphatic heterocycles. The van der Waals surface area contributed by atoms with Gasteiger partial charge in [0, 0.05) is 28.6 Å². The van der Waals surface area contributed by atoms with Gasteiger partial charge in [-0.1, -0.05) is 25.5 Å². The number of rotatable bonds is 5. The average molecular weight is 566 g/mol. The Morgan fingerprint density at radius 1 is 1.03 bits per heavy atom. The number of sulfonamides is 1. The van der Waals surface area contributed by atoms with Crippen LogP contribution in [0.2, 0.25) is 0 Å². The third-order valence-corrected chi connectivity index (χ3v) is 12.0. The maximum Gasteiger partial charge on any atom is 0.256 e. The van der Waals surface area contributed by atoms with Crippen molar-refractivity contribution in [3.05, 3.63) is 64.5 Å². The van der Waals surface area contributed by atoms with Crippen molar-refractivity contribution in [3.63, 3.8) is 0 Å². The van der Waals surface area contributed by atoms with Crippen molar-refractivity contribution in [2.24, 2.45) is 5.92 Å². The second-order valence-electron chi connectivity index (χ2n) is 10.5. The smallest absolute Gasteiger partial charge is 0.256 e. The van der Waals surface area contributed by atoms with Crippen LogP contribution in [-0.4, -0.2) is 36.2 Å². The zero-order chi connectivity index (χ0) is 26.4. The summed E-state index contributed by atoms with van der Waals surface area (Å²) in [7, 11) is -3.58. The molecule has 0 radical (unpaired) electrons. The molecule has 38 heavy (non-hydrogen) atoms. The number of piperidine rings is 1. The summed E-state index contributed by atoms with van der Waals surface area (Å²) in [6, 6.07) is 14.5. The van der Waals surface area contributed by atoms with E-state index in [1.54, 1.807) is 51.2 Å². The number of para-hydroxylation sites is 1. The Morgan fingerprint density at radius 3 is 2.58 bits per heavy atom. The van der Waals surface area contributed by atoms with E-state index in [1.807, 2.05) is 25.1 Å². The number of anilines is 1. The van der Waals surface area contributed by atoms with Gasteiger partial charge in [-0.05, 0) is 86.9 Å². The summed E-state index contributed by atoms with van der Waals surface area (Å²) >= 11 is 3.31. The van der Waals surface area contributed by atoms with Crippen LogP contribution in [0.25, 0.3) is 20.8 Å². The molecule has 2 atom stereocenters. The lowest BCUT2D eigenvalue weighted by atomic mass is 9.88. The van der Waals surface area contributed by atoms with Gasteiger partial charge >= 0.3 is 0 Å². The summed E-state index contributed by atoms with van der Waals surface area (Å²) in [5, 5.41) is 4.92. The molecule has 0 bridgehead atoms. The molecule has 9 heteroatoms. The standard InChI is InChI=1S/C29H31N3O3S3/c1-18-10-15-22-25(17-18)37-29(26(22)28-30-23-8-3-4-9-24(23)36-28)31-27(33)20-11-13-21(14-12-20)38(34,35)32-16-6-5-7-19(32)2/h3-4,8-9,11-14,18-19H,5-7,10,15-17H2,1-2H3,(H,31,33). The number of thiophene rings is 1. The number of hydrogen-bond acceptors (Lipinski definition) is 6. The molecular weight excluding hydrogens is 535 g/mol. The van der Waals surface area contributed by atoms with Crippen LogP contribution in [0.5, 0.6) is 0 Å². The summed E-state index contributed by atoms with van der Waals surface area (Å²) in [6.45, 7) is 4.78. The van der Waals surface area contributed by atoms with Gasteiger partial charge in [0.25, 0.3) is 5.91 Å². The summed E-state index contributed by atoms with van der Waals surface area (Å²) in [4.78, 5) is 19.9. The Kier molecular flexibility index (Phi) is 6.88. The molecule has 2 aromatic carbocycles. The van der Waals surface area contributed by atoms with Gasteiger partial charge in [0.15, 0.2) is 0 Å². The first-order chi connectivity index (χ1) is 18.3. The fourth-order valence-electron chi connectivity index (χ4n) is 5.56. The number of amides is 1. The Morgan fingerprint density at radius 2 is 1.82 bits per heavy atom. The quantitative estimate of drug-likeness (QED) is 0.284. The molecule has 6 rings (SSSR count). The van der Waals surface area contributed by atoms with Crippen molar-refractivity contribution in [2.75, 3.05) is 11.9 Å². The van der Waals surface area contributed by atoms with Crippen LogP contribution in [0, 0.1) is 5.92 Å². The van der Waals surface area contributed by atoms with Crippen LogP contribution in [0.1, 0.15) is 60.3 Å². The zero-order valence-electron chi connectivity index (χ0n) is 21.6. The van der Waals surface area contributed by atoms with Gasteiger partial charge in [-0.2, -0.15) is 4.31 Å². The van der Waals surface area contributed by atoms with Crippen molar-refractivity contribution >= 4 is 53.8 Å². The minimum absolute atomic E-state index is 0.00904. The molecule has 1 aliphatic carbocycles. The molecule has 6 nitrogen and oxygen atoms in total. The first kappa shape index (κ1) is 25.7. The van der Waals surface area contributed by atoms with E-state index >= 15 is 0 Å². The van der Waals surface area contributed by atoms with E-state index in [4.69, 9.17) is 4.98 Å². The molecular formula is C29H31N3O3S3. The average Bonchev–Trinajstić information content (AvgIpc) is 3.49. The predicted octanol–water partition coefficient (Wildman–Crippen LogP) is 6.97. The fourth-order valence-corrected chi connectivity index (χ4v) is 9.78. The number of benzene rings is 2. The van der Waals surface area contributed by atoms with Gasteiger partial charge in [-0.3, -0.25) is 4.79 Å². The van der Waals surface area contributed by atoms with E-state index in [2.05, 4.69) is 18.3 Å². The van der Waals surface area contributed by atoms with Crippen molar-refractivity contribution in [3.8, 4) is 10.6 Å². The molecule has 1 saturated heterocycles. The molecule has 0 saturated carbocycles. The lowest BCUT2D eigenvalue weighted by Crippen LogP contribution is -2.41. The van der Waals surface area contributed by atoms with Gasteiger partial charge in [-0.15, -0.1) is 22.7 Å². The number of nitrogens with one attached hydrogen (secondary N) is 1. The highest BCUT2D eigenvalue weighted by Crippen LogP contribution is 2.47. The maximum atomic E-state index is 13.4. The van der Waals surface area contributed by atoms with E-state index in [0.717, 1.165) is 64.3 Å². The summed E-state index contributed by atoms with van der Waals surface area (Å²) in [6.07, 6.45) is 5.92. The topological polar surface area (TPSA) is 79.4 Å². The summed E-state index contributed by atoms with van der Waals surface area (Å²) < 4.78 is 29.1. The van der Waals surface area contributed by atoms with Crippen LogP contribution >= 0.6 is 22.7 Å². The van der Waals surface area contributed by atoms with Crippen LogP contribution in [0.3, 0.4) is 0 Å². The SMILES string of the molecule is CC1CCc2c(sc(NC(=O)c3ccc(S(=O)(=O)N4CCCCC4C)cc3)c2-c2nc3ccccc3s2)C1. The zero-order valence-corrected chi connectivity index (χ0v) is 24.0. The first-order valence-electron chi connectivity index (χ1n) is 13.2. The van der Waals surface area contributed by atoms with Gasteiger partial charge < -0.3 is 5.32 Å². The molecule has 1 N–H and O–H groups in total. The van der Waals surface area contributed by atoms with Crippen LogP contribution in [-0.2, 0) is 22.9 Å². The van der Waals surface area contributed by atoms with E-state index in [0.29, 0.717) is 18.0 Å². The largest absolute Gasteiger partial charge is 0.313 e. The van der Waals surface area contributed by atoms with Gasteiger partial charge in [-0.25, -0.2) is 13.4 Å². The summed E-state index contributed by atoms with van der Waals surface area (Å²) in [5.41, 5.74) is 3.75. The summed E-state index contributed by atoms with van der Waals surface area (Å²) in [5.74, 6) is 0.374. The molecule has 4 aromatic rings. The Labute approximate surface area is 231 Å². The van der Waals surface area contributed by atoms with Gasteiger partial charge in [0.1, 0.15) is 10.0 Å². The van der Waals surface area contributed by atoms with Crippen LogP contribution in [0.15, 0.2) is 53.4 Å². The van der Waals surface area contributed by atoms with Gasteiger partial charge in [0.2, 0.25) is 10.0 Å². The highest BCUT2D eigenvalue weighted by Gasteiger charge is 2.31. The van der Waals surface area contributed by atoms with Crippen molar-refractivity contribution in [2.45, 2.75) is 63.3 Å². The van der Waals surface area contributed by atoms with Crippen molar-refractivity contribution in [1.82, 2.24) is 9.29 Å². The number of aromatic nitrogens is 1. The van der Waals surface area contributed by atoms with Crippen LogP contribution in [0.4, 0.5) is 5.00 Å². The lowest BCUT2D eigenvalue weighted by molar-refractivity contribution is 0.102.